The first-order valence-corrected chi connectivity index (χ1v) is 6.33. The zero-order valence-electron chi connectivity index (χ0n) is 9.82. The monoisotopic (exact) mass is 212 g/mol. The van der Waals surface area contributed by atoms with E-state index in [1.54, 1.807) is 0 Å². The largest absolute Gasteiger partial charge is 0.377 e. The Morgan fingerprint density at radius 1 is 1.33 bits per heavy atom. The van der Waals surface area contributed by atoms with E-state index < -0.39 is 0 Å². The molecule has 88 valence electrons. The third-order valence-electron chi connectivity index (χ3n) is 3.97. The van der Waals surface area contributed by atoms with E-state index in [1.165, 1.54) is 38.6 Å². The summed E-state index contributed by atoms with van der Waals surface area (Å²) in [5, 5.41) is 0. The summed E-state index contributed by atoms with van der Waals surface area (Å²) in [7, 11) is 2.21. The molecule has 0 aromatic heterocycles. The molecule has 3 heteroatoms. The van der Waals surface area contributed by atoms with Gasteiger partial charge in [-0.25, -0.2) is 0 Å². The molecule has 0 aromatic carbocycles. The molecule has 2 unspecified atom stereocenters. The fraction of sp³-hybridized carbons (Fsp3) is 1.00. The third kappa shape index (κ3) is 2.71. The Labute approximate surface area is 93.0 Å². The molecule has 0 radical (unpaired) electrons. The standard InChI is InChI=1S/C12H24N2O/c1-14(9-10-4-2-5-10)11(8-13)12-6-3-7-15-12/h10-12H,2-9,13H2,1H3. The van der Waals surface area contributed by atoms with Crippen LogP contribution in [0, 0.1) is 5.92 Å². The molecular weight excluding hydrogens is 188 g/mol. The van der Waals surface area contributed by atoms with Gasteiger partial charge in [-0.05, 0) is 38.6 Å². The Morgan fingerprint density at radius 2 is 2.13 bits per heavy atom. The molecule has 0 spiro atoms. The maximum absolute atomic E-state index is 5.87. The topological polar surface area (TPSA) is 38.5 Å². The van der Waals surface area contributed by atoms with Gasteiger partial charge in [0.05, 0.1) is 6.10 Å². The first-order chi connectivity index (χ1) is 7.31. The van der Waals surface area contributed by atoms with Crippen molar-refractivity contribution in [2.45, 2.75) is 44.2 Å². The minimum absolute atomic E-state index is 0.389. The summed E-state index contributed by atoms with van der Waals surface area (Å²) in [5.41, 5.74) is 5.87. The van der Waals surface area contributed by atoms with E-state index in [1.807, 2.05) is 0 Å². The Hall–Kier alpha value is -0.120. The molecule has 2 atom stereocenters. The van der Waals surface area contributed by atoms with Crippen LogP contribution in [0.5, 0.6) is 0 Å². The van der Waals surface area contributed by atoms with Crippen LogP contribution in [0.25, 0.3) is 0 Å². The second-order valence-electron chi connectivity index (χ2n) is 5.09. The van der Waals surface area contributed by atoms with Gasteiger partial charge < -0.3 is 10.5 Å². The molecule has 2 aliphatic rings. The second-order valence-corrected chi connectivity index (χ2v) is 5.09. The molecular formula is C12H24N2O. The average molecular weight is 212 g/mol. The first kappa shape index (κ1) is 11.4. The van der Waals surface area contributed by atoms with Gasteiger partial charge >= 0.3 is 0 Å². The average Bonchev–Trinajstić information content (AvgIpc) is 2.66. The molecule has 2 rings (SSSR count). The van der Waals surface area contributed by atoms with Crippen molar-refractivity contribution < 1.29 is 4.74 Å². The van der Waals surface area contributed by atoms with Crippen LogP contribution in [0.1, 0.15) is 32.1 Å². The number of likely N-dealkylation sites (N-methyl/N-ethyl adjacent to an activating group) is 1. The van der Waals surface area contributed by atoms with Gasteiger partial charge in [0, 0.05) is 25.7 Å². The fourth-order valence-electron chi connectivity index (χ4n) is 2.74. The summed E-state index contributed by atoms with van der Waals surface area (Å²) >= 11 is 0. The molecule has 0 amide bonds. The predicted molar refractivity (Wildman–Crippen MR) is 61.8 cm³/mol. The van der Waals surface area contributed by atoms with Crippen molar-refractivity contribution in [2.75, 3.05) is 26.7 Å². The maximum atomic E-state index is 5.87. The number of hydrogen-bond donors (Lipinski definition) is 1. The van der Waals surface area contributed by atoms with Crippen LogP contribution in [0.2, 0.25) is 0 Å². The Kier molecular flexibility index (Phi) is 4.00. The Bertz CT molecular complexity index is 188. The highest BCUT2D eigenvalue weighted by Gasteiger charge is 2.30. The van der Waals surface area contributed by atoms with Gasteiger partial charge in [0.2, 0.25) is 0 Å². The molecule has 1 saturated carbocycles. The zero-order valence-corrected chi connectivity index (χ0v) is 9.82. The van der Waals surface area contributed by atoms with Crippen molar-refractivity contribution in [1.82, 2.24) is 4.90 Å². The smallest absolute Gasteiger partial charge is 0.0743 e. The normalized spacial score (nSPS) is 29.4. The van der Waals surface area contributed by atoms with Crippen molar-refractivity contribution in [3.8, 4) is 0 Å². The number of hydrogen-bond acceptors (Lipinski definition) is 3. The van der Waals surface area contributed by atoms with Crippen LogP contribution in [0.4, 0.5) is 0 Å². The molecule has 1 aliphatic heterocycles. The van der Waals surface area contributed by atoms with Crippen molar-refractivity contribution in [3.63, 3.8) is 0 Å². The van der Waals surface area contributed by atoms with Gasteiger partial charge in [-0.15, -0.1) is 0 Å². The molecule has 3 nitrogen and oxygen atoms in total. The van der Waals surface area contributed by atoms with E-state index in [0.717, 1.165) is 19.1 Å². The van der Waals surface area contributed by atoms with Crippen molar-refractivity contribution in [3.05, 3.63) is 0 Å². The van der Waals surface area contributed by atoms with Crippen LogP contribution in [0.3, 0.4) is 0 Å². The van der Waals surface area contributed by atoms with E-state index in [2.05, 4.69) is 11.9 Å². The van der Waals surface area contributed by atoms with E-state index in [-0.39, 0.29) is 0 Å². The maximum Gasteiger partial charge on any atom is 0.0743 e. The Balaban J connectivity index is 1.80. The highest BCUT2D eigenvalue weighted by atomic mass is 16.5. The van der Waals surface area contributed by atoms with Gasteiger partial charge in [0.15, 0.2) is 0 Å². The van der Waals surface area contributed by atoms with Gasteiger partial charge in [0.25, 0.3) is 0 Å². The second kappa shape index (κ2) is 5.28. The third-order valence-corrected chi connectivity index (χ3v) is 3.97. The molecule has 2 fully saturated rings. The highest BCUT2D eigenvalue weighted by Crippen LogP contribution is 2.28. The van der Waals surface area contributed by atoms with E-state index in [0.29, 0.717) is 12.1 Å². The summed E-state index contributed by atoms with van der Waals surface area (Å²) in [6, 6.07) is 0.438. The zero-order chi connectivity index (χ0) is 10.7. The molecule has 1 saturated heterocycles. The van der Waals surface area contributed by atoms with E-state index >= 15 is 0 Å². The molecule has 1 heterocycles. The van der Waals surface area contributed by atoms with Crippen LogP contribution in [-0.4, -0.2) is 43.8 Å². The van der Waals surface area contributed by atoms with Gasteiger partial charge in [-0.2, -0.15) is 0 Å². The summed E-state index contributed by atoms with van der Waals surface area (Å²) < 4.78 is 5.74. The minimum Gasteiger partial charge on any atom is -0.377 e. The lowest BCUT2D eigenvalue weighted by Crippen LogP contribution is -2.48. The fourth-order valence-corrected chi connectivity index (χ4v) is 2.74. The summed E-state index contributed by atoms with van der Waals surface area (Å²) in [5.74, 6) is 0.922. The molecule has 2 N–H and O–H groups in total. The number of nitrogens with two attached hydrogens (primary N) is 1. The lowest BCUT2D eigenvalue weighted by atomic mass is 9.85. The SMILES string of the molecule is CN(CC1CCC1)C(CN)C1CCCO1. The number of nitrogens with zero attached hydrogens (tertiary/aromatic N) is 1. The quantitative estimate of drug-likeness (QED) is 0.745. The minimum atomic E-state index is 0.389. The van der Waals surface area contributed by atoms with Crippen molar-refractivity contribution >= 4 is 0 Å². The number of rotatable bonds is 5. The first-order valence-electron chi connectivity index (χ1n) is 6.33. The van der Waals surface area contributed by atoms with Crippen molar-refractivity contribution in [2.24, 2.45) is 11.7 Å². The van der Waals surface area contributed by atoms with Crippen LogP contribution >= 0.6 is 0 Å². The summed E-state index contributed by atoms with van der Waals surface area (Å²) in [6.07, 6.45) is 7.03. The molecule has 15 heavy (non-hydrogen) atoms. The Morgan fingerprint density at radius 3 is 2.60 bits per heavy atom. The summed E-state index contributed by atoms with van der Waals surface area (Å²) in [4.78, 5) is 2.43. The van der Waals surface area contributed by atoms with Gasteiger partial charge in [-0.3, -0.25) is 4.90 Å². The van der Waals surface area contributed by atoms with E-state index in [4.69, 9.17) is 10.5 Å². The highest BCUT2D eigenvalue weighted by molar-refractivity contribution is 4.84. The van der Waals surface area contributed by atoms with E-state index in [9.17, 15) is 0 Å². The van der Waals surface area contributed by atoms with Crippen LogP contribution < -0.4 is 5.73 Å². The lowest BCUT2D eigenvalue weighted by Gasteiger charge is -2.36. The lowest BCUT2D eigenvalue weighted by molar-refractivity contribution is 0.0268. The molecule has 1 aliphatic carbocycles. The van der Waals surface area contributed by atoms with Gasteiger partial charge in [0.1, 0.15) is 0 Å². The predicted octanol–water partition coefficient (Wildman–Crippen LogP) is 1.22. The molecule has 0 bridgehead atoms. The summed E-state index contributed by atoms with van der Waals surface area (Å²) in [6.45, 7) is 2.87. The van der Waals surface area contributed by atoms with Gasteiger partial charge in [-0.1, -0.05) is 6.42 Å². The van der Waals surface area contributed by atoms with Crippen molar-refractivity contribution in [1.29, 1.82) is 0 Å². The number of ether oxygens (including phenoxy) is 1. The van der Waals surface area contributed by atoms with Crippen LogP contribution in [0.15, 0.2) is 0 Å². The molecule has 0 aromatic rings. The van der Waals surface area contributed by atoms with Crippen LogP contribution in [-0.2, 0) is 4.74 Å².